The van der Waals surface area contributed by atoms with Crippen LogP contribution in [-0.4, -0.2) is 65.9 Å². The maximum atomic E-state index is 14.0. The Morgan fingerprint density at radius 2 is 1.79 bits per heavy atom. The average molecular weight is 663 g/mol. The monoisotopic (exact) mass is 662 g/mol. The highest BCUT2D eigenvalue weighted by Gasteiger charge is 2.43. The normalized spacial score (nSPS) is 18.9. The Morgan fingerprint density at radius 1 is 1.02 bits per heavy atom. The molecule has 3 amide bonds. The van der Waals surface area contributed by atoms with Gasteiger partial charge in [-0.1, -0.05) is 61.7 Å². The number of carbonyl (C=O) groups excluding carboxylic acids is 3. The molecule has 254 valence electrons. The quantitative estimate of drug-likeness (QED) is 0.187. The van der Waals surface area contributed by atoms with Gasteiger partial charge >= 0.3 is 6.09 Å². The second-order valence-electron chi connectivity index (χ2n) is 14.1. The molecule has 3 N–H and O–H groups in total. The van der Waals surface area contributed by atoms with Gasteiger partial charge in [0, 0.05) is 23.9 Å². The molecule has 1 aromatic heterocycles. The first-order valence-electron chi connectivity index (χ1n) is 17.0. The molecule has 2 fully saturated rings. The summed E-state index contributed by atoms with van der Waals surface area (Å²) in [5.74, 6) is -0.348. The molecule has 0 spiro atoms. The van der Waals surface area contributed by atoms with Crippen LogP contribution in [0.15, 0.2) is 54.6 Å². The highest BCUT2D eigenvalue weighted by molar-refractivity contribution is 7.20. The zero-order valence-electron chi connectivity index (χ0n) is 28.2. The van der Waals surface area contributed by atoms with E-state index in [1.165, 1.54) is 11.3 Å². The Hall–Kier alpha value is -3.47. The van der Waals surface area contributed by atoms with Crippen LogP contribution in [0.1, 0.15) is 92.9 Å². The van der Waals surface area contributed by atoms with Crippen LogP contribution in [0, 0.1) is 6.92 Å². The number of nitrogens with zero attached hydrogens (tertiary/aromatic N) is 1. The molecular formula is C37H50N4O5S. The average Bonchev–Trinajstić information content (AvgIpc) is 3.67. The van der Waals surface area contributed by atoms with Crippen LogP contribution in [-0.2, 0) is 20.7 Å². The molecule has 47 heavy (non-hydrogen) atoms. The molecule has 2 unspecified atom stereocenters. The largest absolute Gasteiger partial charge is 0.443 e. The van der Waals surface area contributed by atoms with E-state index in [1.807, 2.05) is 69.1 Å². The van der Waals surface area contributed by atoms with E-state index in [2.05, 4.69) is 34.3 Å². The molecule has 2 aliphatic rings. The van der Waals surface area contributed by atoms with E-state index in [0.717, 1.165) is 66.3 Å². The number of rotatable bonds is 12. The second kappa shape index (κ2) is 15.6. The Morgan fingerprint density at radius 3 is 2.53 bits per heavy atom. The number of benzene rings is 2. The third-order valence-corrected chi connectivity index (χ3v) is 10.1. The van der Waals surface area contributed by atoms with Crippen molar-refractivity contribution >= 4 is 39.3 Å². The summed E-state index contributed by atoms with van der Waals surface area (Å²) in [6.45, 7) is 9.21. The summed E-state index contributed by atoms with van der Waals surface area (Å²) in [5, 5.41) is 9.46. The van der Waals surface area contributed by atoms with E-state index in [-0.39, 0.29) is 23.9 Å². The highest BCUT2D eigenvalue weighted by atomic mass is 32.1. The lowest BCUT2D eigenvalue weighted by atomic mass is 9.94. The summed E-state index contributed by atoms with van der Waals surface area (Å²) in [5.41, 5.74) is 3.68. The van der Waals surface area contributed by atoms with Crippen LogP contribution in [0.4, 0.5) is 4.79 Å². The zero-order chi connectivity index (χ0) is 33.4. The smallest absolute Gasteiger partial charge is 0.422 e. The van der Waals surface area contributed by atoms with Crippen LogP contribution in [0.25, 0.3) is 10.1 Å². The van der Waals surface area contributed by atoms with Crippen molar-refractivity contribution in [3.05, 3.63) is 70.6 Å². The zero-order valence-corrected chi connectivity index (χ0v) is 29.0. The van der Waals surface area contributed by atoms with Crippen LogP contribution in [0.2, 0.25) is 0 Å². The molecular weight excluding hydrogens is 612 g/mol. The van der Waals surface area contributed by atoms with Gasteiger partial charge in [0.2, 0.25) is 5.91 Å². The van der Waals surface area contributed by atoms with Crippen molar-refractivity contribution in [1.29, 1.82) is 0 Å². The van der Waals surface area contributed by atoms with Gasteiger partial charge in [0.15, 0.2) is 0 Å². The third-order valence-electron chi connectivity index (χ3n) is 8.98. The van der Waals surface area contributed by atoms with Gasteiger partial charge < -0.3 is 20.1 Å². The molecule has 10 heteroatoms. The SMILES string of the molecule is Cc1ccc2cc(C(=O)NC3(C(=O)NC(COCCC4CCCCN4NC(=O)OC(C)(C)C)Cc4ccccc4)CCCC3)sc2c1. The van der Waals surface area contributed by atoms with Crippen molar-refractivity contribution in [2.45, 2.75) is 109 Å². The Labute approximate surface area is 282 Å². The van der Waals surface area contributed by atoms with Crippen LogP contribution >= 0.6 is 11.3 Å². The summed E-state index contributed by atoms with van der Waals surface area (Å²) in [6, 6.07) is 18.0. The van der Waals surface area contributed by atoms with E-state index in [1.54, 1.807) is 0 Å². The summed E-state index contributed by atoms with van der Waals surface area (Å²) < 4.78 is 12.8. The number of amides is 3. The van der Waals surface area contributed by atoms with Crippen molar-refractivity contribution in [3.8, 4) is 0 Å². The van der Waals surface area contributed by atoms with E-state index in [4.69, 9.17) is 9.47 Å². The molecule has 1 aliphatic heterocycles. The van der Waals surface area contributed by atoms with Crippen molar-refractivity contribution in [2.75, 3.05) is 19.8 Å². The molecule has 0 radical (unpaired) electrons. The van der Waals surface area contributed by atoms with Crippen molar-refractivity contribution in [2.24, 2.45) is 0 Å². The predicted molar refractivity (Wildman–Crippen MR) is 186 cm³/mol. The molecule has 5 rings (SSSR count). The van der Waals surface area contributed by atoms with E-state index >= 15 is 0 Å². The van der Waals surface area contributed by atoms with Gasteiger partial charge in [-0.15, -0.1) is 11.3 Å². The summed E-state index contributed by atoms with van der Waals surface area (Å²) in [7, 11) is 0. The van der Waals surface area contributed by atoms with Crippen LogP contribution < -0.4 is 16.1 Å². The fourth-order valence-corrected chi connectivity index (χ4v) is 7.66. The molecule has 1 aliphatic carbocycles. The van der Waals surface area contributed by atoms with Gasteiger partial charge in [-0.25, -0.2) is 9.80 Å². The number of ether oxygens (including phenoxy) is 2. The fourth-order valence-electron chi connectivity index (χ4n) is 6.60. The second-order valence-corrected chi connectivity index (χ2v) is 15.2. The number of aryl methyl sites for hydroxylation is 1. The maximum absolute atomic E-state index is 14.0. The van der Waals surface area contributed by atoms with E-state index in [0.29, 0.717) is 37.4 Å². The standard InChI is InChI=1S/C37H50N4O5S/c1-26-15-16-28-24-32(47-31(28)22-26)33(42)39-37(18-9-10-19-37)34(43)38-29(23-27-12-6-5-7-13-27)25-45-21-17-30-14-8-11-20-41(30)40-35(44)46-36(2,3)4/h5-7,12-13,15-16,22,24,29-30H,8-11,14,17-21,23,25H2,1-4H3,(H,38,43)(H,39,42)(H,40,44). The lowest BCUT2D eigenvalue weighted by Crippen LogP contribution is -2.59. The molecule has 9 nitrogen and oxygen atoms in total. The first-order valence-corrected chi connectivity index (χ1v) is 17.8. The van der Waals surface area contributed by atoms with Gasteiger partial charge in [-0.2, -0.15) is 0 Å². The van der Waals surface area contributed by atoms with Gasteiger partial charge in [-0.05, 0) is 94.9 Å². The van der Waals surface area contributed by atoms with Crippen LogP contribution in [0.3, 0.4) is 0 Å². The first kappa shape index (κ1) is 34.9. The predicted octanol–water partition coefficient (Wildman–Crippen LogP) is 6.68. The van der Waals surface area contributed by atoms with Crippen molar-refractivity contribution < 1.29 is 23.9 Å². The van der Waals surface area contributed by atoms with E-state index < -0.39 is 17.2 Å². The number of hydrogen-bond acceptors (Lipinski definition) is 7. The fraction of sp³-hybridized carbons (Fsp3) is 0.541. The summed E-state index contributed by atoms with van der Waals surface area (Å²) >= 11 is 1.46. The number of thiophene rings is 1. The molecule has 2 atom stereocenters. The Bertz CT molecular complexity index is 1510. The number of hydrazine groups is 1. The van der Waals surface area contributed by atoms with Crippen LogP contribution in [0.5, 0.6) is 0 Å². The van der Waals surface area contributed by atoms with Crippen molar-refractivity contribution in [1.82, 2.24) is 21.1 Å². The Balaban J connectivity index is 1.21. The maximum Gasteiger partial charge on any atom is 0.422 e. The van der Waals surface area contributed by atoms with Gasteiger partial charge in [0.1, 0.15) is 11.1 Å². The first-order chi connectivity index (χ1) is 22.5. The minimum Gasteiger partial charge on any atom is -0.443 e. The van der Waals surface area contributed by atoms with Crippen molar-refractivity contribution in [3.63, 3.8) is 0 Å². The molecule has 3 aromatic rings. The minimum atomic E-state index is -0.950. The lowest BCUT2D eigenvalue weighted by molar-refractivity contribution is -0.128. The number of hydrogen-bond donors (Lipinski definition) is 3. The Kier molecular flexibility index (Phi) is 11.6. The molecule has 0 bridgehead atoms. The molecule has 2 aromatic carbocycles. The number of fused-ring (bicyclic) bond motifs is 1. The van der Waals surface area contributed by atoms with Gasteiger partial charge in [-0.3, -0.25) is 15.0 Å². The van der Waals surface area contributed by atoms with Gasteiger partial charge in [0.05, 0.1) is 17.5 Å². The number of piperidine rings is 1. The minimum absolute atomic E-state index is 0.146. The summed E-state index contributed by atoms with van der Waals surface area (Å²) in [6.07, 6.45) is 6.97. The topological polar surface area (TPSA) is 109 Å². The number of nitrogens with one attached hydrogen (secondary N) is 3. The van der Waals surface area contributed by atoms with Gasteiger partial charge in [0.25, 0.3) is 5.91 Å². The highest BCUT2D eigenvalue weighted by Crippen LogP contribution is 2.32. The molecule has 1 saturated carbocycles. The van der Waals surface area contributed by atoms with E-state index in [9.17, 15) is 14.4 Å². The number of carbonyl (C=O) groups is 3. The molecule has 1 saturated heterocycles. The molecule has 2 heterocycles. The lowest BCUT2D eigenvalue weighted by Gasteiger charge is -2.36. The third kappa shape index (κ3) is 9.78. The summed E-state index contributed by atoms with van der Waals surface area (Å²) in [4.78, 5) is 40.6.